The Balaban J connectivity index is 1.13. The summed E-state index contributed by atoms with van der Waals surface area (Å²) in [6, 6.07) is 0. The van der Waals surface area contributed by atoms with Gasteiger partial charge in [0.25, 0.3) is 0 Å². The third kappa shape index (κ3) is 6.71. The second kappa shape index (κ2) is 14.0. The first-order valence-corrected chi connectivity index (χ1v) is 26.7. The number of hydrogen-bond donors (Lipinski definition) is 8. The number of halogens is 3. The second-order valence-electron chi connectivity index (χ2n) is 17.4. The van der Waals surface area contributed by atoms with Crippen LogP contribution in [-0.2, 0) is 27.2 Å². The fourth-order valence-corrected chi connectivity index (χ4v) is 20.6. The Bertz CT molecular complexity index is 1720. The fraction of sp³-hybridized carbons (Fsp3) is 1.00. The molecule has 4 saturated carbocycles. The minimum Gasteiger partial charge on any atom is -0.286 e. The molecule has 19 unspecified atom stereocenters. The van der Waals surface area contributed by atoms with Crippen LogP contribution >= 0.6 is 32.0 Å². The molecule has 4 aliphatic carbocycles. The van der Waals surface area contributed by atoms with E-state index >= 15 is 0 Å². The van der Waals surface area contributed by atoms with Crippen molar-refractivity contribution in [3.05, 3.63) is 0 Å². The van der Waals surface area contributed by atoms with E-state index in [9.17, 15) is 25.3 Å². The van der Waals surface area contributed by atoms with Crippen molar-refractivity contribution in [2.45, 2.75) is 149 Å². The monoisotopic (exact) mass is 846 g/mol. The summed E-state index contributed by atoms with van der Waals surface area (Å²) < 4.78 is 79.9. The van der Waals surface area contributed by atoms with E-state index in [1.165, 1.54) is 25.7 Å². The van der Waals surface area contributed by atoms with E-state index in [-0.39, 0.29) is 55.3 Å². The molecule has 9 fully saturated rings. The van der Waals surface area contributed by atoms with Crippen molar-refractivity contribution in [1.82, 2.24) is 42.5 Å². The smallest absolute Gasteiger partial charge is 0.238 e. The van der Waals surface area contributed by atoms with Gasteiger partial charge in [0.15, 0.2) is 0 Å². The van der Waals surface area contributed by atoms with Crippen LogP contribution in [0.25, 0.3) is 0 Å². The molecule has 20 heteroatoms. The van der Waals surface area contributed by atoms with E-state index in [0.29, 0.717) is 23.7 Å². The molecular weight excluding hydrogens is 795 g/mol. The zero-order valence-corrected chi connectivity index (χ0v) is 33.7. The van der Waals surface area contributed by atoms with Crippen molar-refractivity contribution in [2.24, 2.45) is 47.3 Å². The molecule has 0 aromatic carbocycles. The van der Waals surface area contributed by atoms with Crippen LogP contribution in [0.2, 0.25) is 0 Å². The average molecular weight is 848 g/mol. The van der Waals surface area contributed by atoms with E-state index in [4.69, 9.17) is 32.0 Å². The molecule has 0 amide bonds. The summed E-state index contributed by atoms with van der Waals surface area (Å²) in [5.74, 6) is 0.667. The highest BCUT2D eigenvalue weighted by molar-refractivity contribution is 8.19. The van der Waals surface area contributed by atoms with Gasteiger partial charge in [0, 0.05) is 38.0 Å². The Morgan fingerprint density at radius 2 is 0.615 bits per heavy atom. The summed E-state index contributed by atoms with van der Waals surface area (Å²) >= 11 is 0. The minimum absolute atomic E-state index is 0.0121. The molecule has 5 saturated heterocycles. The molecule has 52 heavy (non-hydrogen) atoms. The zero-order chi connectivity index (χ0) is 36.3. The lowest BCUT2D eigenvalue weighted by atomic mass is 9.76. The summed E-state index contributed by atoms with van der Waals surface area (Å²) in [5.41, 5.74) is 0. The van der Waals surface area contributed by atoms with E-state index in [2.05, 4.69) is 42.5 Å². The summed E-state index contributed by atoms with van der Waals surface area (Å²) in [5, 5.41) is 25.4. The third-order valence-corrected chi connectivity index (χ3v) is 21.0. The normalized spacial score (nSPS) is 52.3. The summed E-state index contributed by atoms with van der Waals surface area (Å²) in [7, 11) is 4.04. The van der Waals surface area contributed by atoms with Crippen LogP contribution in [0.5, 0.6) is 0 Å². The highest BCUT2D eigenvalue weighted by Crippen LogP contribution is 2.50. The maximum Gasteiger partial charge on any atom is 0.238 e. The number of rotatable bonds is 3. The van der Waals surface area contributed by atoms with Gasteiger partial charge in [-0.05, 0) is 86.4 Å². The highest BCUT2D eigenvalue weighted by atomic mass is 35.7. The number of nitrogens with one attached hydrogen (secondary N) is 8. The van der Waals surface area contributed by atoms with Gasteiger partial charge in [-0.1, -0.05) is 38.5 Å². The summed E-state index contributed by atoms with van der Waals surface area (Å²) in [6.07, 6.45) is 11.9. The van der Waals surface area contributed by atoms with Crippen LogP contribution < -0.4 is 42.5 Å². The van der Waals surface area contributed by atoms with E-state index in [1.54, 1.807) is 0 Å². The largest absolute Gasteiger partial charge is 0.286 e. The molecule has 14 nitrogen and oxygen atoms in total. The van der Waals surface area contributed by atoms with Crippen molar-refractivity contribution in [3.8, 4) is 0 Å². The van der Waals surface area contributed by atoms with Crippen molar-refractivity contribution in [2.75, 3.05) is 0 Å². The van der Waals surface area contributed by atoms with Crippen LogP contribution in [0.1, 0.15) is 83.5 Å². The van der Waals surface area contributed by atoms with Gasteiger partial charge in [0.1, 0.15) is 10.5 Å². The van der Waals surface area contributed by atoms with Gasteiger partial charge < -0.3 is 0 Å². The van der Waals surface area contributed by atoms with Crippen molar-refractivity contribution in [1.29, 1.82) is 0 Å². The van der Waals surface area contributed by atoms with Crippen LogP contribution in [0.15, 0.2) is 0 Å². The quantitative estimate of drug-likeness (QED) is 0.189. The zero-order valence-electron chi connectivity index (χ0n) is 29.0. The molecule has 5 aliphatic heterocycles. The molecule has 0 aromatic heterocycles. The Labute approximate surface area is 321 Å². The van der Waals surface area contributed by atoms with Gasteiger partial charge in [-0.15, -0.1) is 0 Å². The molecule has 19 atom stereocenters. The topological polar surface area (TPSA) is 199 Å². The predicted octanol–water partition coefficient (Wildman–Crippen LogP) is 1.25. The lowest BCUT2D eigenvalue weighted by Gasteiger charge is -2.43. The fourth-order valence-electron chi connectivity index (χ4n) is 12.9. The Morgan fingerprint density at radius 1 is 0.346 bits per heavy atom. The van der Waals surface area contributed by atoms with Crippen LogP contribution in [-0.4, -0.2) is 90.3 Å². The molecule has 9 rings (SSSR count). The number of fused-ring (bicyclic) bond motifs is 20. The minimum atomic E-state index is -4.77. The van der Waals surface area contributed by atoms with Crippen molar-refractivity contribution < 1.29 is 25.3 Å². The SMILES string of the molecule is O=S(=O)(Cl)C1CC2C3NC4NC(NC5NC(NC6NC(NC(N3)C2C(S(=O)(=O)Cl)C1S(=O)(=O)Cl)C1CCCCC61)C1CCCCC51)C1CCCCC41. The molecule has 296 valence electrons. The first-order chi connectivity index (χ1) is 24.7. The lowest BCUT2D eigenvalue weighted by Crippen LogP contribution is -2.63. The van der Waals surface area contributed by atoms with Crippen molar-refractivity contribution in [3.63, 3.8) is 0 Å². The summed E-state index contributed by atoms with van der Waals surface area (Å²) in [6.45, 7) is 0. The molecule has 9 aliphatic rings. The Kier molecular flexibility index (Phi) is 10.3. The second-order valence-corrected chi connectivity index (χ2v) is 25.8. The van der Waals surface area contributed by atoms with Gasteiger partial charge in [0.2, 0.25) is 27.2 Å². The van der Waals surface area contributed by atoms with Crippen molar-refractivity contribution >= 4 is 59.2 Å². The van der Waals surface area contributed by atoms with Gasteiger partial charge >= 0.3 is 0 Å². The van der Waals surface area contributed by atoms with Gasteiger partial charge in [0.05, 0.1) is 54.6 Å². The van der Waals surface area contributed by atoms with E-state index < -0.39 is 67.1 Å². The molecule has 0 aromatic rings. The molecule has 8 bridgehead atoms. The molecule has 8 N–H and O–H groups in total. The third-order valence-electron chi connectivity index (χ3n) is 15.0. The predicted molar refractivity (Wildman–Crippen MR) is 199 cm³/mol. The molecular formula is C32H53Cl3N8O6S3. The highest BCUT2D eigenvalue weighted by Gasteiger charge is 2.65. The van der Waals surface area contributed by atoms with Gasteiger partial charge in [-0.25, -0.2) is 25.3 Å². The van der Waals surface area contributed by atoms with Crippen LogP contribution in [0.3, 0.4) is 0 Å². The maximum atomic E-state index is 13.6. The molecule has 0 spiro atoms. The van der Waals surface area contributed by atoms with Crippen LogP contribution in [0, 0.1) is 47.3 Å². The van der Waals surface area contributed by atoms with E-state index in [1.807, 2.05) is 0 Å². The van der Waals surface area contributed by atoms with Gasteiger partial charge in [-0.2, -0.15) is 0 Å². The van der Waals surface area contributed by atoms with Crippen LogP contribution in [0.4, 0.5) is 0 Å². The first kappa shape index (κ1) is 37.9. The molecule has 0 radical (unpaired) electrons. The van der Waals surface area contributed by atoms with Gasteiger partial charge in [-0.3, -0.25) is 42.5 Å². The first-order valence-electron chi connectivity index (χ1n) is 19.6. The Morgan fingerprint density at radius 3 is 0.885 bits per heavy atom. The molecule has 5 heterocycles. The van der Waals surface area contributed by atoms with E-state index in [0.717, 1.165) is 51.4 Å². The summed E-state index contributed by atoms with van der Waals surface area (Å²) in [4.78, 5) is 0. The number of hydrogen-bond acceptors (Lipinski definition) is 14. The maximum absolute atomic E-state index is 13.6. The average Bonchev–Trinajstić information content (AvgIpc) is 3.82. The Hall–Kier alpha value is 0.400. The lowest BCUT2D eigenvalue weighted by molar-refractivity contribution is 0.169. The standard InChI is InChI=1S/C32H53Cl3N8O6S3/c33-50(44,45)21-13-20-22(24(52(35,48)49)23(21)51(34,46)47)32-42-30-19-12-6-5-11-18(19)28(40-30)38-26-15-8-2-1-7-14(15)25(36-26)37-27-16-9-3-4-10-17(16)29(39-27)41-31(20)43-32/h14-32,36-43H,1-13H2.